The standard InChI is InChI=1S/C13H6Cl4N2/c14-7-5-8(13(17)10(16)6-7)11-2-1-9(15)12(19-11)3-4-18/h1-2,5-6H,3H2. The SMILES string of the molecule is N#CCc1nc(-c2cc(Cl)cc(Cl)c2Cl)ccc1Cl. The number of nitrogens with zero attached hydrogens (tertiary/aromatic N) is 2. The number of pyridine rings is 1. The summed E-state index contributed by atoms with van der Waals surface area (Å²) in [7, 11) is 0. The second-order valence-electron chi connectivity index (χ2n) is 3.71. The molecule has 0 spiro atoms. The van der Waals surface area contributed by atoms with E-state index in [-0.39, 0.29) is 6.42 Å². The summed E-state index contributed by atoms with van der Waals surface area (Å²) in [5.41, 5.74) is 1.67. The second kappa shape index (κ2) is 5.98. The van der Waals surface area contributed by atoms with Crippen molar-refractivity contribution in [2.24, 2.45) is 0 Å². The molecule has 0 amide bonds. The molecule has 2 rings (SSSR count). The summed E-state index contributed by atoms with van der Waals surface area (Å²) < 4.78 is 0. The molecule has 2 nitrogen and oxygen atoms in total. The number of hydrogen-bond acceptors (Lipinski definition) is 2. The molecule has 0 saturated carbocycles. The molecule has 2 aromatic rings. The summed E-state index contributed by atoms with van der Waals surface area (Å²) in [6, 6.07) is 8.61. The van der Waals surface area contributed by atoms with Gasteiger partial charge in [-0.2, -0.15) is 5.26 Å². The van der Waals surface area contributed by atoms with E-state index in [2.05, 4.69) is 4.98 Å². The van der Waals surface area contributed by atoms with Crippen molar-refractivity contribution in [3.63, 3.8) is 0 Å². The van der Waals surface area contributed by atoms with Gasteiger partial charge >= 0.3 is 0 Å². The summed E-state index contributed by atoms with van der Waals surface area (Å²) >= 11 is 24.0. The van der Waals surface area contributed by atoms with Gasteiger partial charge in [0.05, 0.1) is 38.9 Å². The van der Waals surface area contributed by atoms with Crippen molar-refractivity contribution in [2.45, 2.75) is 6.42 Å². The molecule has 6 heteroatoms. The largest absolute Gasteiger partial charge is 0.250 e. The molecule has 0 aliphatic heterocycles. The van der Waals surface area contributed by atoms with Crippen molar-refractivity contribution >= 4 is 46.4 Å². The van der Waals surface area contributed by atoms with E-state index in [0.29, 0.717) is 37.0 Å². The average molecular weight is 332 g/mol. The van der Waals surface area contributed by atoms with E-state index >= 15 is 0 Å². The van der Waals surface area contributed by atoms with Crippen LogP contribution in [0.4, 0.5) is 0 Å². The highest BCUT2D eigenvalue weighted by Crippen LogP contribution is 2.36. The van der Waals surface area contributed by atoms with E-state index in [4.69, 9.17) is 51.7 Å². The number of rotatable bonds is 2. The van der Waals surface area contributed by atoms with Crippen LogP contribution in [-0.2, 0) is 6.42 Å². The summed E-state index contributed by atoms with van der Waals surface area (Å²) in [5.74, 6) is 0. The van der Waals surface area contributed by atoms with Gasteiger partial charge in [-0.05, 0) is 24.3 Å². The third-order valence-electron chi connectivity index (χ3n) is 2.43. The highest BCUT2D eigenvalue weighted by atomic mass is 35.5. The number of nitriles is 1. The van der Waals surface area contributed by atoms with E-state index in [1.54, 1.807) is 24.3 Å². The fraction of sp³-hybridized carbons (Fsp3) is 0.0769. The summed E-state index contributed by atoms with van der Waals surface area (Å²) in [6.45, 7) is 0. The maximum atomic E-state index is 8.73. The number of benzene rings is 1. The maximum Gasteiger partial charge on any atom is 0.0790 e. The van der Waals surface area contributed by atoms with Crippen LogP contribution >= 0.6 is 46.4 Å². The van der Waals surface area contributed by atoms with Gasteiger partial charge < -0.3 is 0 Å². The summed E-state index contributed by atoms with van der Waals surface area (Å²) in [6.07, 6.45) is 0.124. The minimum absolute atomic E-state index is 0.124. The monoisotopic (exact) mass is 330 g/mol. The first-order valence-corrected chi connectivity index (χ1v) is 6.71. The lowest BCUT2D eigenvalue weighted by molar-refractivity contribution is 1.12. The van der Waals surface area contributed by atoms with Gasteiger partial charge in [0.15, 0.2) is 0 Å². The molecule has 1 heterocycles. The Hall–Kier alpha value is -0.980. The molecular formula is C13H6Cl4N2. The predicted molar refractivity (Wildman–Crippen MR) is 79.0 cm³/mol. The van der Waals surface area contributed by atoms with Crippen LogP contribution in [0.2, 0.25) is 20.1 Å². The van der Waals surface area contributed by atoms with Crippen LogP contribution in [0.5, 0.6) is 0 Å². The maximum absolute atomic E-state index is 8.73. The third kappa shape index (κ3) is 3.13. The smallest absolute Gasteiger partial charge is 0.0790 e. The molecule has 1 aromatic heterocycles. The summed E-state index contributed by atoms with van der Waals surface area (Å²) in [5, 5.41) is 10.3. The van der Waals surface area contributed by atoms with Crippen molar-refractivity contribution < 1.29 is 0 Å². The number of aromatic nitrogens is 1. The Morgan fingerprint density at radius 1 is 1.05 bits per heavy atom. The zero-order valence-electron chi connectivity index (χ0n) is 9.42. The van der Waals surface area contributed by atoms with Gasteiger partial charge in [0.1, 0.15) is 0 Å². The van der Waals surface area contributed by atoms with Crippen LogP contribution in [-0.4, -0.2) is 4.98 Å². The Morgan fingerprint density at radius 3 is 2.47 bits per heavy atom. The van der Waals surface area contributed by atoms with Crippen LogP contribution in [0.15, 0.2) is 24.3 Å². The van der Waals surface area contributed by atoms with Gasteiger partial charge in [-0.25, -0.2) is 0 Å². The normalized spacial score (nSPS) is 10.3. The van der Waals surface area contributed by atoms with Gasteiger partial charge in [-0.15, -0.1) is 0 Å². The minimum Gasteiger partial charge on any atom is -0.250 e. The van der Waals surface area contributed by atoms with Crippen molar-refractivity contribution in [3.05, 3.63) is 50.0 Å². The molecular weight excluding hydrogens is 326 g/mol. The number of halogens is 4. The van der Waals surface area contributed by atoms with Gasteiger partial charge in [0.2, 0.25) is 0 Å². The van der Waals surface area contributed by atoms with Crippen molar-refractivity contribution in [2.75, 3.05) is 0 Å². The predicted octanol–water partition coefficient (Wildman–Crippen LogP) is 5.43. The Kier molecular flexibility index (Phi) is 4.54. The third-order valence-corrected chi connectivity index (χ3v) is 3.80. The van der Waals surface area contributed by atoms with Gasteiger partial charge in [-0.1, -0.05) is 46.4 Å². The van der Waals surface area contributed by atoms with E-state index in [1.165, 1.54) is 0 Å². The van der Waals surface area contributed by atoms with Crippen LogP contribution in [0.3, 0.4) is 0 Å². The molecule has 19 heavy (non-hydrogen) atoms. The molecule has 0 radical (unpaired) electrons. The average Bonchev–Trinajstić information content (AvgIpc) is 2.37. The first-order chi connectivity index (χ1) is 9.02. The lowest BCUT2D eigenvalue weighted by Gasteiger charge is -2.08. The fourth-order valence-corrected chi connectivity index (χ4v) is 2.45. The molecule has 0 unspecified atom stereocenters. The van der Waals surface area contributed by atoms with E-state index in [0.717, 1.165) is 0 Å². The van der Waals surface area contributed by atoms with E-state index in [9.17, 15) is 0 Å². The molecule has 0 saturated heterocycles. The Bertz CT molecular complexity index is 677. The van der Waals surface area contributed by atoms with Gasteiger partial charge in [-0.3, -0.25) is 4.98 Å². The quantitative estimate of drug-likeness (QED) is 0.688. The second-order valence-corrected chi connectivity index (χ2v) is 5.34. The van der Waals surface area contributed by atoms with Crippen LogP contribution in [0.25, 0.3) is 11.3 Å². The molecule has 1 aromatic carbocycles. The molecule has 0 fully saturated rings. The van der Waals surface area contributed by atoms with E-state index in [1.807, 2.05) is 6.07 Å². The van der Waals surface area contributed by atoms with Gasteiger partial charge in [0.25, 0.3) is 0 Å². The number of hydrogen-bond donors (Lipinski definition) is 0. The molecule has 0 aliphatic rings. The van der Waals surface area contributed by atoms with Crippen molar-refractivity contribution in [3.8, 4) is 17.3 Å². The fourth-order valence-electron chi connectivity index (χ4n) is 1.58. The zero-order chi connectivity index (χ0) is 14.0. The molecule has 0 bridgehead atoms. The molecule has 0 aliphatic carbocycles. The lowest BCUT2D eigenvalue weighted by Crippen LogP contribution is -1.93. The highest BCUT2D eigenvalue weighted by molar-refractivity contribution is 6.45. The molecule has 0 atom stereocenters. The Labute approximate surface area is 130 Å². The van der Waals surface area contributed by atoms with Crippen molar-refractivity contribution in [1.29, 1.82) is 5.26 Å². The molecule has 0 N–H and O–H groups in total. The first kappa shape index (κ1) is 14.4. The highest BCUT2D eigenvalue weighted by Gasteiger charge is 2.12. The Morgan fingerprint density at radius 2 is 1.79 bits per heavy atom. The van der Waals surface area contributed by atoms with Crippen LogP contribution in [0.1, 0.15) is 5.69 Å². The first-order valence-electron chi connectivity index (χ1n) is 5.20. The van der Waals surface area contributed by atoms with E-state index < -0.39 is 0 Å². The molecule has 96 valence electrons. The topological polar surface area (TPSA) is 36.7 Å². The van der Waals surface area contributed by atoms with Gasteiger partial charge in [0, 0.05) is 10.6 Å². The van der Waals surface area contributed by atoms with Crippen LogP contribution < -0.4 is 0 Å². The summed E-state index contributed by atoms with van der Waals surface area (Å²) in [4.78, 5) is 4.32. The van der Waals surface area contributed by atoms with Crippen molar-refractivity contribution in [1.82, 2.24) is 4.98 Å². The lowest BCUT2D eigenvalue weighted by atomic mass is 10.1. The zero-order valence-corrected chi connectivity index (χ0v) is 12.4. The Balaban J connectivity index is 2.60. The van der Waals surface area contributed by atoms with Crippen LogP contribution in [0, 0.1) is 11.3 Å². The minimum atomic E-state index is 0.124.